The highest BCUT2D eigenvalue weighted by molar-refractivity contribution is 7.90. The molecule has 1 aromatic rings. The van der Waals surface area contributed by atoms with Gasteiger partial charge in [-0.1, -0.05) is 6.07 Å². The van der Waals surface area contributed by atoms with E-state index in [1.54, 1.807) is 17.0 Å². The van der Waals surface area contributed by atoms with Gasteiger partial charge >= 0.3 is 0 Å². The van der Waals surface area contributed by atoms with E-state index in [2.05, 4.69) is 5.32 Å². The summed E-state index contributed by atoms with van der Waals surface area (Å²) in [6.45, 7) is 2.94. The van der Waals surface area contributed by atoms with Crippen molar-refractivity contribution in [3.05, 3.63) is 29.8 Å². The van der Waals surface area contributed by atoms with Gasteiger partial charge in [-0.25, -0.2) is 8.42 Å². The number of nitrogens with zero attached hydrogens (tertiary/aromatic N) is 2. The highest BCUT2D eigenvalue weighted by Gasteiger charge is 2.27. The molecular weight excluding hydrogens is 390 g/mol. The summed E-state index contributed by atoms with van der Waals surface area (Å²) in [6, 6.07) is 6.39. The second-order valence-corrected chi connectivity index (χ2v) is 8.99. The third-order valence-corrected chi connectivity index (χ3v) is 6.12. The molecule has 7 nitrogen and oxygen atoms in total. The van der Waals surface area contributed by atoms with Crippen LogP contribution in [0.15, 0.2) is 29.2 Å². The Morgan fingerprint density at radius 1 is 1.15 bits per heavy atom. The van der Waals surface area contributed by atoms with E-state index >= 15 is 0 Å². The molecule has 2 aliphatic rings. The summed E-state index contributed by atoms with van der Waals surface area (Å²) in [5.41, 5.74) is 0.364. The standard InChI is InChI=1S/C18H25N3O4S.ClH/c1-26(24,25)16-6-2-4-14(12-16)18(23)21-10-8-20(9-11-21)17(22)13-15-5-3-7-19-15;/h2,4,6,12,15,19H,3,5,7-11,13H2,1H3;1H. The van der Waals surface area contributed by atoms with Crippen molar-refractivity contribution in [2.24, 2.45) is 0 Å². The Hall–Kier alpha value is -1.64. The molecule has 1 aromatic carbocycles. The monoisotopic (exact) mass is 415 g/mol. The molecule has 2 amide bonds. The number of rotatable bonds is 4. The van der Waals surface area contributed by atoms with Gasteiger partial charge in [0, 0.05) is 50.5 Å². The SMILES string of the molecule is CS(=O)(=O)c1cccc(C(=O)N2CCN(C(=O)CC3CCCN3)CC2)c1.Cl. The maximum atomic E-state index is 12.7. The fourth-order valence-corrected chi connectivity index (χ4v) is 4.14. The summed E-state index contributed by atoms with van der Waals surface area (Å²) in [5.74, 6) is -0.0596. The van der Waals surface area contributed by atoms with Gasteiger partial charge in [0.1, 0.15) is 0 Å². The third kappa shape index (κ3) is 5.43. The number of hydrogen-bond donors (Lipinski definition) is 1. The van der Waals surface area contributed by atoms with E-state index in [0.717, 1.165) is 25.6 Å². The molecule has 1 unspecified atom stereocenters. The van der Waals surface area contributed by atoms with Gasteiger partial charge in [-0.05, 0) is 37.6 Å². The van der Waals surface area contributed by atoms with Crippen LogP contribution in [0.1, 0.15) is 29.6 Å². The van der Waals surface area contributed by atoms with Gasteiger partial charge < -0.3 is 15.1 Å². The number of carbonyl (C=O) groups is 2. The fourth-order valence-electron chi connectivity index (χ4n) is 3.47. The van der Waals surface area contributed by atoms with Gasteiger partial charge in [-0.2, -0.15) is 0 Å². The molecule has 0 saturated carbocycles. The Kier molecular flexibility index (Phi) is 7.25. The van der Waals surface area contributed by atoms with Crippen molar-refractivity contribution in [1.82, 2.24) is 15.1 Å². The van der Waals surface area contributed by atoms with Crippen molar-refractivity contribution in [3.8, 4) is 0 Å². The summed E-state index contributed by atoms with van der Waals surface area (Å²) in [7, 11) is -3.35. The summed E-state index contributed by atoms with van der Waals surface area (Å²) in [4.78, 5) is 28.7. The first-order valence-corrected chi connectivity index (χ1v) is 10.8. The van der Waals surface area contributed by atoms with Crippen molar-refractivity contribution in [3.63, 3.8) is 0 Å². The van der Waals surface area contributed by atoms with Crippen molar-refractivity contribution in [1.29, 1.82) is 0 Å². The summed E-state index contributed by atoms with van der Waals surface area (Å²) in [6.07, 6.45) is 3.80. The number of nitrogens with one attached hydrogen (secondary N) is 1. The van der Waals surface area contributed by atoms with Crippen LogP contribution in [0.5, 0.6) is 0 Å². The van der Waals surface area contributed by atoms with Crippen LogP contribution in [0.4, 0.5) is 0 Å². The van der Waals surface area contributed by atoms with Crippen LogP contribution in [0.2, 0.25) is 0 Å². The average molecular weight is 416 g/mol. The third-order valence-electron chi connectivity index (χ3n) is 5.01. The lowest BCUT2D eigenvalue weighted by Gasteiger charge is -2.35. The van der Waals surface area contributed by atoms with Gasteiger partial charge in [-0.15, -0.1) is 12.4 Å². The van der Waals surface area contributed by atoms with Crippen LogP contribution >= 0.6 is 12.4 Å². The van der Waals surface area contributed by atoms with Crippen LogP contribution in [0.3, 0.4) is 0 Å². The maximum absolute atomic E-state index is 12.7. The van der Waals surface area contributed by atoms with Crippen molar-refractivity contribution in [2.45, 2.75) is 30.2 Å². The normalized spacial score (nSPS) is 20.3. The zero-order chi connectivity index (χ0) is 18.7. The Labute approximate surface area is 166 Å². The lowest BCUT2D eigenvalue weighted by molar-refractivity contribution is -0.133. The number of hydrogen-bond acceptors (Lipinski definition) is 5. The Morgan fingerprint density at radius 3 is 2.41 bits per heavy atom. The summed E-state index contributed by atoms with van der Waals surface area (Å²) in [5, 5.41) is 3.33. The van der Waals surface area contributed by atoms with Crippen molar-refractivity contribution < 1.29 is 18.0 Å². The molecule has 2 saturated heterocycles. The number of amides is 2. The lowest BCUT2D eigenvalue weighted by Crippen LogP contribution is -2.51. The molecule has 1 atom stereocenters. The average Bonchev–Trinajstić information content (AvgIpc) is 3.13. The Bertz CT molecular complexity index is 786. The van der Waals surface area contributed by atoms with Gasteiger partial charge in [0.05, 0.1) is 4.90 Å². The summed E-state index contributed by atoms with van der Waals surface area (Å²) >= 11 is 0. The molecule has 2 fully saturated rings. The second-order valence-electron chi connectivity index (χ2n) is 6.97. The maximum Gasteiger partial charge on any atom is 0.254 e. The minimum atomic E-state index is -3.35. The van der Waals surface area contributed by atoms with E-state index < -0.39 is 9.84 Å². The van der Waals surface area contributed by atoms with Crippen LogP contribution < -0.4 is 5.32 Å². The number of carbonyl (C=O) groups excluding carboxylic acids is 2. The first-order valence-electron chi connectivity index (χ1n) is 8.95. The van der Waals surface area contributed by atoms with E-state index in [-0.39, 0.29) is 35.2 Å². The van der Waals surface area contributed by atoms with Gasteiger partial charge in [-0.3, -0.25) is 9.59 Å². The molecule has 0 radical (unpaired) electrons. The zero-order valence-corrected chi connectivity index (χ0v) is 17.0. The van der Waals surface area contributed by atoms with E-state index in [1.807, 2.05) is 4.90 Å². The quantitative estimate of drug-likeness (QED) is 0.790. The number of piperazine rings is 1. The second kappa shape index (κ2) is 9.03. The zero-order valence-electron chi connectivity index (χ0n) is 15.4. The fraction of sp³-hybridized carbons (Fsp3) is 0.556. The molecule has 3 rings (SSSR count). The van der Waals surface area contributed by atoms with E-state index in [0.29, 0.717) is 38.2 Å². The molecule has 150 valence electrons. The Balaban J connectivity index is 0.00000261. The van der Waals surface area contributed by atoms with Crippen molar-refractivity contribution in [2.75, 3.05) is 39.0 Å². The van der Waals surface area contributed by atoms with Gasteiger partial charge in [0.25, 0.3) is 5.91 Å². The van der Waals surface area contributed by atoms with E-state index in [9.17, 15) is 18.0 Å². The first kappa shape index (κ1) is 21.7. The molecule has 2 heterocycles. The van der Waals surface area contributed by atoms with Crippen LogP contribution in [0, 0.1) is 0 Å². The molecular formula is C18H26ClN3O4S. The van der Waals surface area contributed by atoms with Crippen molar-refractivity contribution >= 4 is 34.1 Å². The van der Waals surface area contributed by atoms with Crippen LogP contribution in [-0.4, -0.2) is 75.1 Å². The number of sulfone groups is 1. The molecule has 0 aliphatic carbocycles. The van der Waals surface area contributed by atoms with Gasteiger partial charge in [0.15, 0.2) is 9.84 Å². The predicted molar refractivity (Wildman–Crippen MR) is 105 cm³/mol. The number of halogens is 1. The molecule has 0 spiro atoms. The van der Waals surface area contributed by atoms with Gasteiger partial charge in [0.2, 0.25) is 5.91 Å². The largest absolute Gasteiger partial charge is 0.339 e. The van der Waals surface area contributed by atoms with E-state index in [1.165, 1.54) is 12.1 Å². The predicted octanol–water partition coefficient (Wildman–Crippen LogP) is 0.938. The molecule has 9 heteroatoms. The summed E-state index contributed by atoms with van der Waals surface area (Å²) < 4.78 is 23.3. The Morgan fingerprint density at radius 2 is 1.81 bits per heavy atom. The lowest BCUT2D eigenvalue weighted by atomic mass is 10.1. The minimum Gasteiger partial charge on any atom is -0.339 e. The molecule has 1 N–H and O–H groups in total. The smallest absolute Gasteiger partial charge is 0.254 e. The number of benzene rings is 1. The highest BCUT2D eigenvalue weighted by atomic mass is 35.5. The molecule has 2 aliphatic heterocycles. The molecule has 27 heavy (non-hydrogen) atoms. The van der Waals surface area contributed by atoms with Crippen LogP contribution in [0.25, 0.3) is 0 Å². The topological polar surface area (TPSA) is 86.8 Å². The van der Waals surface area contributed by atoms with E-state index in [4.69, 9.17) is 0 Å². The molecule has 0 aromatic heterocycles. The minimum absolute atomic E-state index is 0. The highest BCUT2D eigenvalue weighted by Crippen LogP contribution is 2.16. The molecule has 0 bridgehead atoms. The first-order chi connectivity index (χ1) is 12.3. The van der Waals surface area contributed by atoms with Crippen LogP contribution in [-0.2, 0) is 14.6 Å².